The molecule has 15 heavy (non-hydrogen) atoms. The Morgan fingerprint density at radius 2 is 1.67 bits per heavy atom. The average Bonchev–Trinajstić information content (AvgIpc) is 2.24. The van der Waals surface area contributed by atoms with Crippen molar-refractivity contribution in [2.45, 2.75) is 31.5 Å². The summed E-state index contributed by atoms with van der Waals surface area (Å²) < 4.78 is 15.9. The maximum absolute atomic E-state index is 5.84. The van der Waals surface area contributed by atoms with Crippen LogP contribution in [0.25, 0.3) is 0 Å². The molecule has 92 valence electrons. The van der Waals surface area contributed by atoms with Crippen molar-refractivity contribution in [1.82, 2.24) is 0 Å². The largest absolute Gasteiger partial charge is 0.371 e. The van der Waals surface area contributed by atoms with Gasteiger partial charge in [0.1, 0.15) is 0 Å². The van der Waals surface area contributed by atoms with Gasteiger partial charge in [0.2, 0.25) is 0 Å². The van der Waals surface area contributed by atoms with Gasteiger partial charge in [-0.3, -0.25) is 0 Å². The molecule has 6 heteroatoms. The van der Waals surface area contributed by atoms with Gasteiger partial charge in [0.15, 0.2) is 8.32 Å². The maximum Gasteiger partial charge on any atom is 0.261 e. The number of rotatable bonds is 9. The van der Waals surface area contributed by atoms with Crippen LogP contribution in [0.4, 0.5) is 0 Å². The number of methoxy groups -OCH3 is 2. The van der Waals surface area contributed by atoms with Gasteiger partial charge in [0, 0.05) is 14.2 Å². The van der Waals surface area contributed by atoms with Crippen LogP contribution in [-0.2, 0) is 13.9 Å². The summed E-state index contributed by atoms with van der Waals surface area (Å²) in [5.41, 5.74) is 11.1. The molecule has 0 aliphatic rings. The zero-order chi connectivity index (χ0) is 11.7. The van der Waals surface area contributed by atoms with Gasteiger partial charge in [-0.1, -0.05) is 0 Å². The monoisotopic (exact) mass is 236 g/mol. The zero-order valence-corrected chi connectivity index (χ0v) is 11.0. The number of nitrogens with two attached hydrogens (primary N) is 2. The molecule has 0 saturated carbocycles. The summed E-state index contributed by atoms with van der Waals surface area (Å²) in [5, 5.41) is 0. The van der Waals surface area contributed by atoms with Crippen LogP contribution >= 0.6 is 0 Å². The van der Waals surface area contributed by atoms with Gasteiger partial charge in [0.05, 0.1) is 0 Å². The first kappa shape index (κ1) is 15.0. The lowest BCUT2D eigenvalue weighted by molar-refractivity contribution is -0.225. The zero-order valence-electron chi connectivity index (χ0n) is 9.99. The van der Waals surface area contributed by atoms with Crippen LogP contribution in [0.3, 0.4) is 0 Å². The maximum atomic E-state index is 5.84. The van der Waals surface area contributed by atoms with Crippen molar-refractivity contribution in [2.24, 2.45) is 11.5 Å². The summed E-state index contributed by atoms with van der Waals surface area (Å²) in [6.07, 6.45) is 0.961. The van der Waals surface area contributed by atoms with Crippen LogP contribution in [0, 0.1) is 0 Å². The SMILES string of the molecule is COC(OC)O[Si](C)(CCN)CCCN. The molecule has 0 saturated heterocycles. The summed E-state index contributed by atoms with van der Waals surface area (Å²) in [4.78, 5) is 0. The Morgan fingerprint density at radius 1 is 1.07 bits per heavy atom. The average molecular weight is 236 g/mol. The van der Waals surface area contributed by atoms with Crippen LogP contribution in [0.1, 0.15) is 6.42 Å². The van der Waals surface area contributed by atoms with Crippen molar-refractivity contribution in [2.75, 3.05) is 27.3 Å². The van der Waals surface area contributed by atoms with Crippen LogP contribution < -0.4 is 11.5 Å². The predicted octanol–water partition coefficient (Wildman–Crippen LogP) is 0.462. The quantitative estimate of drug-likeness (QED) is 0.449. The van der Waals surface area contributed by atoms with Crippen LogP contribution in [-0.4, -0.2) is 42.1 Å². The first-order valence-corrected chi connectivity index (χ1v) is 8.07. The van der Waals surface area contributed by atoms with E-state index in [1.165, 1.54) is 0 Å². The molecule has 0 aromatic rings. The second kappa shape index (κ2) is 8.20. The molecule has 5 nitrogen and oxygen atoms in total. The normalized spacial score (nSPS) is 15.6. The van der Waals surface area contributed by atoms with Crippen molar-refractivity contribution in [1.29, 1.82) is 0 Å². The number of hydrogen-bond acceptors (Lipinski definition) is 5. The summed E-state index contributed by atoms with van der Waals surface area (Å²) in [7, 11) is 1.30. The standard InChI is InChI=1S/C9H24N2O3Si/c1-12-9(13-2)14-15(3,8-6-11)7-4-5-10/h9H,4-8,10-11H2,1-3H3. The lowest BCUT2D eigenvalue weighted by Gasteiger charge is -2.30. The number of hydrogen-bond donors (Lipinski definition) is 2. The molecule has 0 fully saturated rings. The van der Waals surface area contributed by atoms with Gasteiger partial charge in [-0.15, -0.1) is 0 Å². The molecule has 0 amide bonds. The van der Waals surface area contributed by atoms with E-state index < -0.39 is 14.8 Å². The summed E-state index contributed by atoms with van der Waals surface area (Å²) >= 11 is 0. The van der Waals surface area contributed by atoms with Crippen molar-refractivity contribution in [3.05, 3.63) is 0 Å². The highest BCUT2D eigenvalue weighted by molar-refractivity contribution is 6.72. The van der Waals surface area contributed by atoms with E-state index in [9.17, 15) is 0 Å². The van der Waals surface area contributed by atoms with Crippen molar-refractivity contribution < 1.29 is 13.9 Å². The third-order valence-corrected chi connectivity index (χ3v) is 5.87. The Labute approximate surface area is 93.2 Å². The van der Waals surface area contributed by atoms with E-state index in [1.54, 1.807) is 14.2 Å². The van der Waals surface area contributed by atoms with Gasteiger partial charge in [0.25, 0.3) is 6.48 Å². The molecule has 1 atom stereocenters. The molecule has 0 aliphatic carbocycles. The van der Waals surface area contributed by atoms with Crippen molar-refractivity contribution in [3.8, 4) is 0 Å². The summed E-state index contributed by atoms with van der Waals surface area (Å²) in [6.45, 7) is 2.88. The first-order chi connectivity index (χ1) is 7.11. The lowest BCUT2D eigenvalue weighted by Crippen LogP contribution is -2.42. The third kappa shape index (κ3) is 6.24. The molecule has 0 aliphatic heterocycles. The minimum atomic E-state index is -1.83. The van der Waals surface area contributed by atoms with Gasteiger partial charge in [-0.2, -0.15) is 0 Å². The fourth-order valence-corrected chi connectivity index (χ4v) is 4.15. The van der Waals surface area contributed by atoms with Crippen molar-refractivity contribution in [3.63, 3.8) is 0 Å². The fourth-order valence-electron chi connectivity index (χ4n) is 1.45. The van der Waals surface area contributed by atoms with E-state index in [0.29, 0.717) is 13.1 Å². The Hall–Kier alpha value is 0.0169. The van der Waals surface area contributed by atoms with E-state index in [0.717, 1.165) is 18.5 Å². The van der Waals surface area contributed by atoms with Gasteiger partial charge in [-0.25, -0.2) is 0 Å². The highest BCUT2D eigenvalue weighted by atomic mass is 28.4. The first-order valence-electron chi connectivity index (χ1n) is 5.25. The van der Waals surface area contributed by atoms with E-state index in [4.69, 9.17) is 25.4 Å². The molecular formula is C9H24N2O3Si. The molecule has 0 radical (unpaired) electrons. The molecule has 1 unspecified atom stereocenters. The van der Waals surface area contributed by atoms with Crippen LogP contribution in [0.5, 0.6) is 0 Å². The van der Waals surface area contributed by atoms with E-state index in [2.05, 4.69) is 6.55 Å². The Bertz CT molecular complexity index is 158. The Kier molecular flexibility index (Phi) is 8.21. The second-order valence-corrected chi connectivity index (χ2v) is 7.89. The highest BCUT2D eigenvalue weighted by Crippen LogP contribution is 2.20. The Balaban J connectivity index is 4.20. The molecular weight excluding hydrogens is 212 g/mol. The highest BCUT2D eigenvalue weighted by Gasteiger charge is 2.31. The topological polar surface area (TPSA) is 79.7 Å². The van der Waals surface area contributed by atoms with E-state index in [-0.39, 0.29) is 0 Å². The second-order valence-electron chi connectivity index (χ2n) is 3.76. The third-order valence-electron chi connectivity index (χ3n) is 2.35. The Morgan fingerprint density at radius 3 is 2.07 bits per heavy atom. The van der Waals surface area contributed by atoms with Crippen LogP contribution in [0.15, 0.2) is 0 Å². The summed E-state index contributed by atoms with van der Waals surface area (Å²) in [5.74, 6) is 0. The minimum Gasteiger partial charge on any atom is -0.371 e. The van der Waals surface area contributed by atoms with E-state index >= 15 is 0 Å². The van der Waals surface area contributed by atoms with E-state index in [1.807, 2.05) is 0 Å². The van der Waals surface area contributed by atoms with Gasteiger partial charge >= 0.3 is 0 Å². The number of ether oxygens (including phenoxy) is 2. The molecule has 0 heterocycles. The molecule has 4 N–H and O–H groups in total. The predicted molar refractivity (Wildman–Crippen MR) is 62.8 cm³/mol. The molecule has 0 spiro atoms. The van der Waals surface area contributed by atoms with Crippen molar-refractivity contribution >= 4 is 8.32 Å². The molecule has 0 rings (SSSR count). The summed E-state index contributed by atoms with van der Waals surface area (Å²) in [6, 6.07) is 1.89. The minimum absolute atomic E-state index is 0.578. The molecule has 0 bridgehead atoms. The fraction of sp³-hybridized carbons (Fsp3) is 1.00. The van der Waals surface area contributed by atoms with Gasteiger partial charge in [-0.05, 0) is 38.1 Å². The van der Waals surface area contributed by atoms with Gasteiger partial charge < -0.3 is 25.4 Å². The van der Waals surface area contributed by atoms with Crippen LogP contribution in [0.2, 0.25) is 18.6 Å². The smallest absolute Gasteiger partial charge is 0.261 e. The lowest BCUT2D eigenvalue weighted by atomic mass is 10.5. The molecule has 0 aromatic heterocycles. The molecule has 0 aromatic carbocycles.